The van der Waals surface area contributed by atoms with Crippen LogP contribution < -0.4 is 0 Å². The van der Waals surface area contributed by atoms with E-state index in [1.165, 1.54) is 11.1 Å². The minimum atomic E-state index is -0.00995. The van der Waals surface area contributed by atoms with Crippen molar-refractivity contribution in [2.45, 2.75) is 19.7 Å². The second-order valence-electron chi connectivity index (χ2n) is 6.49. The normalized spacial score (nSPS) is 17.9. The van der Waals surface area contributed by atoms with Gasteiger partial charge in [-0.15, -0.1) is 0 Å². The van der Waals surface area contributed by atoms with Gasteiger partial charge in [0.25, 0.3) is 0 Å². The van der Waals surface area contributed by atoms with Gasteiger partial charge in [-0.25, -0.2) is 0 Å². The van der Waals surface area contributed by atoms with Crippen molar-refractivity contribution < 1.29 is 4.74 Å². The summed E-state index contributed by atoms with van der Waals surface area (Å²) in [5, 5.41) is 0.744. The molecule has 25 heavy (non-hydrogen) atoms. The minimum absolute atomic E-state index is 0.00995. The number of hydrogen-bond acceptors (Lipinski definition) is 2. The molecule has 2 heterocycles. The Balaban J connectivity index is 1.56. The van der Waals surface area contributed by atoms with Crippen molar-refractivity contribution in [1.29, 1.82) is 0 Å². The van der Waals surface area contributed by atoms with Crippen molar-refractivity contribution in [2.24, 2.45) is 0 Å². The van der Waals surface area contributed by atoms with Crippen LogP contribution in [0.4, 0.5) is 0 Å². The SMILES string of the molecule is Cc1cccc(CN2CCO[C@@H]2c2ccn(-c3ccccc3Cl)c2)c1. The number of hydrogen-bond donors (Lipinski definition) is 0. The van der Waals surface area contributed by atoms with Gasteiger partial charge in [-0.2, -0.15) is 0 Å². The Morgan fingerprint density at radius 3 is 2.84 bits per heavy atom. The highest BCUT2D eigenvalue weighted by Crippen LogP contribution is 2.30. The highest BCUT2D eigenvalue weighted by Gasteiger charge is 2.27. The molecule has 2 aromatic carbocycles. The Labute approximate surface area is 153 Å². The molecule has 1 aliphatic heterocycles. The molecule has 0 bridgehead atoms. The van der Waals surface area contributed by atoms with Gasteiger partial charge in [0.2, 0.25) is 0 Å². The first kappa shape index (κ1) is 16.4. The van der Waals surface area contributed by atoms with Crippen molar-refractivity contribution in [3.8, 4) is 5.69 Å². The number of aromatic nitrogens is 1. The number of benzene rings is 2. The third-order valence-corrected chi connectivity index (χ3v) is 4.91. The van der Waals surface area contributed by atoms with E-state index in [0.29, 0.717) is 0 Å². The first-order valence-corrected chi connectivity index (χ1v) is 8.92. The molecule has 1 aromatic heterocycles. The zero-order chi connectivity index (χ0) is 17.2. The van der Waals surface area contributed by atoms with E-state index in [0.717, 1.165) is 36.0 Å². The molecule has 0 spiro atoms. The predicted octanol–water partition coefficient (Wildman–Crippen LogP) is 4.97. The summed E-state index contributed by atoms with van der Waals surface area (Å²) in [7, 11) is 0. The molecule has 0 saturated carbocycles. The maximum Gasteiger partial charge on any atom is 0.138 e. The summed E-state index contributed by atoms with van der Waals surface area (Å²) in [6.07, 6.45) is 4.15. The number of para-hydroxylation sites is 1. The van der Waals surface area contributed by atoms with Gasteiger partial charge in [0.1, 0.15) is 6.23 Å². The van der Waals surface area contributed by atoms with Crippen LogP contribution in [0.25, 0.3) is 5.69 Å². The lowest BCUT2D eigenvalue weighted by molar-refractivity contribution is 0.0288. The van der Waals surface area contributed by atoms with E-state index in [9.17, 15) is 0 Å². The van der Waals surface area contributed by atoms with Gasteiger partial charge < -0.3 is 9.30 Å². The summed E-state index contributed by atoms with van der Waals surface area (Å²) in [5.74, 6) is 0. The van der Waals surface area contributed by atoms with E-state index in [4.69, 9.17) is 16.3 Å². The Morgan fingerprint density at radius 1 is 1.12 bits per heavy atom. The third kappa shape index (κ3) is 3.49. The lowest BCUT2D eigenvalue weighted by Crippen LogP contribution is -2.23. The molecule has 0 N–H and O–H groups in total. The summed E-state index contributed by atoms with van der Waals surface area (Å²) >= 11 is 6.32. The quantitative estimate of drug-likeness (QED) is 0.659. The zero-order valence-electron chi connectivity index (χ0n) is 14.2. The minimum Gasteiger partial charge on any atom is -0.357 e. The zero-order valence-corrected chi connectivity index (χ0v) is 15.0. The number of nitrogens with zero attached hydrogens (tertiary/aromatic N) is 2. The van der Waals surface area contributed by atoms with Crippen LogP contribution in [0.15, 0.2) is 67.0 Å². The van der Waals surface area contributed by atoms with E-state index in [1.54, 1.807) is 0 Å². The van der Waals surface area contributed by atoms with Crippen molar-refractivity contribution >= 4 is 11.6 Å². The molecule has 1 fully saturated rings. The summed E-state index contributed by atoms with van der Waals surface area (Å²) in [4.78, 5) is 2.38. The average molecular weight is 353 g/mol. The first-order valence-electron chi connectivity index (χ1n) is 8.55. The van der Waals surface area contributed by atoms with Crippen molar-refractivity contribution in [1.82, 2.24) is 9.47 Å². The topological polar surface area (TPSA) is 17.4 Å². The summed E-state index contributed by atoms with van der Waals surface area (Å²) in [6, 6.07) is 18.6. The number of halogens is 1. The van der Waals surface area contributed by atoms with Gasteiger partial charge in [0.15, 0.2) is 0 Å². The smallest absolute Gasteiger partial charge is 0.138 e. The van der Waals surface area contributed by atoms with Crippen molar-refractivity contribution in [3.05, 3.63) is 88.7 Å². The van der Waals surface area contributed by atoms with Gasteiger partial charge in [-0.3, -0.25) is 4.90 Å². The molecule has 4 heteroatoms. The fourth-order valence-electron chi connectivity index (χ4n) is 3.39. The number of rotatable bonds is 4. The maximum absolute atomic E-state index is 6.32. The van der Waals surface area contributed by atoms with E-state index in [2.05, 4.69) is 52.9 Å². The molecule has 0 aliphatic carbocycles. The fraction of sp³-hybridized carbons (Fsp3) is 0.238. The molecular weight excluding hydrogens is 332 g/mol. The lowest BCUT2D eigenvalue weighted by Gasteiger charge is -2.22. The van der Waals surface area contributed by atoms with Crippen LogP contribution >= 0.6 is 11.6 Å². The molecule has 1 atom stereocenters. The molecule has 3 aromatic rings. The molecule has 3 nitrogen and oxygen atoms in total. The second kappa shape index (κ2) is 7.04. The Bertz CT molecular complexity index is 874. The van der Waals surface area contributed by atoms with Gasteiger partial charge in [0.05, 0.1) is 17.3 Å². The molecule has 1 aliphatic rings. The molecular formula is C21H21ClN2O. The molecule has 128 valence electrons. The molecule has 4 rings (SSSR count). The van der Waals surface area contributed by atoms with Crippen LogP contribution in [0.1, 0.15) is 22.9 Å². The van der Waals surface area contributed by atoms with Gasteiger partial charge in [-0.05, 0) is 30.7 Å². The van der Waals surface area contributed by atoms with Gasteiger partial charge in [0, 0.05) is 31.0 Å². The summed E-state index contributed by atoms with van der Waals surface area (Å²) < 4.78 is 8.07. The predicted molar refractivity (Wildman–Crippen MR) is 101 cm³/mol. The van der Waals surface area contributed by atoms with E-state index in [-0.39, 0.29) is 6.23 Å². The number of ether oxygens (including phenoxy) is 1. The standard InChI is InChI=1S/C21H21ClN2O/c1-16-5-4-6-17(13-16)14-24-11-12-25-21(24)18-9-10-23(15-18)20-8-3-2-7-19(20)22/h2-10,13,15,21H,11-12,14H2,1H3/t21-/m1/s1. The average Bonchev–Trinajstić information content (AvgIpc) is 3.24. The third-order valence-electron chi connectivity index (χ3n) is 4.59. The Morgan fingerprint density at radius 2 is 2.00 bits per heavy atom. The van der Waals surface area contributed by atoms with Crippen LogP contribution in [0.2, 0.25) is 5.02 Å². The number of aryl methyl sites for hydroxylation is 1. The van der Waals surface area contributed by atoms with Crippen molar-refractivity contribution in [2.75, 3.05) is 13.2 Å². The molecule has 0 amide bonds. The highest BCUT2D eigenvalue weighted by atomic mass is 35.5. The van der Waals surface area contributed by atoms with Crippen LogP contribution in [0, 0.1) is 6.92 Å². The van der Waals surface area contributed by atoms with Crippen LogP contribution in [-0.2, 0) is 11.3 Å². The Hall–Kier alpha value is -2.07. The highest BCUT2D eigenvalue weighted by molar-refractivity contribution is 6.32. The van der Waals surface area contributed by atoms with E-state index in [1.807, 2.05) is 30.5 Å². The lowest BCUT2D eigenvalue weighted by atomic mass is 10.1. The van der Waals surface area contributed by atoms with E-state index < -0.39 is 0 Å². The van der Waals surface area contributed by atoms with E-state index >= 15 is 0 Å². The fourth-order valence-corrected chi connectivity index (χ4v) is 3.62. The molecule has 0 radical (unpaired) electrons. The maximum atomic E-state index is 6.32. The first-order chi connectivity index (χ1) is 12.2. The van der Waals surface area contributed by atoms with Gasteiger partial charge >= 0.3 is 0 Å². The summed E-state index contributed by atoms with van der Waals surface area (Å²) in [5.41, 5.74) is 4.75. The van der Waals surface area contributed by atoms with Gasteiger partial charge in [-0.1, -0.05) is 53.6 Å². The Kier molecular flexibility index (Phi) is 4.62. The van der Waals surface area contributed by atoms with Crippen LogP contribution in [0.5, 0.6) is 0 Å². The summed E-state index contributed by atoms with van der Waals surface area (Å²) in [6.45, 7) is 4.72. The second-order valence-corrected chi connectivity index (χ2v) is 6.89. The molecule has 1 saturated heterocycles. The largest absolute Gasteiger partial charge is 0.357 e. The molecule has 0 unspecified atom stereocenters. The monoisotopic (exact) mass is 352 g/mol. The van der Waals surface area contributed by atoms with Crippen LogP contribution in [0.3, 0.4) is 0 Å². The van der Waals surface area contributed by atoms with Crippen molar-refractivity contribution in [3.63, 3.8) is 0 Å². The van der Waals surface area contributed by atoms with Crippen LogP contribution in [-0.4, -0.2) is 22.6 Å².